The van der Waals surface area contributed by atoms with E-state index >= 15 is 0 Å². The van der Waals surface area contributed by atoms with Gasteiger partial charge in [0.25, 0.3) is 0 Å². The van der Waals surface area contributed by atoms with Crippen LogP contribution in [0, 0.1) is 5.92 Å². The molecule has 3 N–H and O–H groups in total. The van der Waals surface area contributed by atoms with Gasteiger partial charge in [-0.2, -0.15) is 0 Å². The highest BCUT2D eigenvalue weighted by Gasteiger charge is 2.18. The average molecular weight is 267 g/mol. The van der Waals surface area contributed by atoms with Crippen LogP contribution >= 0.6 is 0 Å². The molecule has 0 aliphatic rings. The van der Waals surface area contributed by atoms with E-state index in [1.165, 1.54) is 19.4 Å². The molecule has 0 saturated heterocycles. The predicted molar refractivity (Wildman–Crippen MR) is 74.1 cm³/mol. The fourth-order valence-corrected chi connectivity index (χ4v) is 1.63. The molecule has 1 atom stereocenters. The smallest absolute Gasteiger partial charge is 0.340 e. The third-order valence-electron chi connectivity index (χ3n) is 2.87. The van der Waals surface area contributed by atoms with Gasteiger partial charge in [-0.25, -0.2) is 9.78 Å². The van der Waals surface area contributed by atoms with E-state index in [1.54, 1.807) is 7.11 Å². The highest BCUT2D eigenvalue weighted by Crippen LogP contribution is 2.22. The molecule has 6 heteroatoms. The second-order valence-corrected chi connectivity index (χ2v) is 4.56. The van der Waals surface area contributed by atoms with Gasteiger partial charge in [0, 0.05) is 13.3 Å². The van der Waals surface area contributed by atoms with Gasteiger partial charge in [-0.1, -0.05) is 13.8 Å². The Bertz CT molecular complexity index is 435. The molecule has 0 spiro atoms. The van der Waals surface area contributed by atoms with Crippen molar-refractivity contribution in [2.45, 2.75) is 19.9 Å². The SMILES string of the molecule is COCC(Nc1nccc(C(=O)OC)c1N)C(C)C. The number of nitrogens with one attached hydrogen (secondary N) is 1. The van der Waals surface area contributed by atoms with E-state index < -0.39 is 5.97 Å². The summed E-state index contributed by atoms with van der Waals surface area (Å²) >= 11 is 0. The van der Waals surface area contributed by atoms with Crippen molar-refractivity contribution >= 4 is 17.5 Å². The number of carbonyl (C=O) groups excluding carboxylic acids is 1. The lowest BCUT2D eigenvalue weighted by Gasteiger charge is -2.23. The molecular formula is C13H21N3O3. The first-order valence-corrected chi connectivity index (χ1v) is 6.09. The minimum atomic E-state index is -0.476. The second kappa shape index (κ2) is 6.94. The number of pyridine rings is 1. The summed E-state index contributed by atoms with van der Waals surface area (Å²) in [5, 5.41) is 3.20. The van der Waals surface area contributed by atoms with Crippen molar-refractivity contribution in [1.29, 1.82) is 0 Å². The Kier molecular flexibility index (Phi) is 5.57. The quantitative estimate of drug-likeness (QED) is 0.760. The number of methoxy groups -OCH3 is 2. The number of ether oxygens (including phenoxy) is 2. The van der Waals surface area contributed by atoms with Gasteiger partial charge in [0.05, 0.1) is 31.0 Å². The predicted octanol–water partition coefficient (Wildman–Crippen LogP) is 1.53. The lowest BCUT2D eigenvalue weighted by atomic mass is 10.1. The van der Waals surface area contributed by atoms with Crippen LogP contribution in [0.15, 0.2) is 12.3 Å². The van der Waals surface area contributed by atoms with Crippen LogP contribution in [0.25, 0.3) is 0 Å². The van der Waals surface area contributed by atoms with Crippen molar-refractivity contribution in [3.05, 3.63) is 17.8 Å². The van der Waals surface area contributed by atoms with E-state index in [1.807, 2.05) is 0 Å². The number of esters is 1. The molecule has 0 fully saturated rings. The average Bonchev–Trinajstić information content (AvgIpc) is 2.39. The van der Waals surface area contributed by atoms with Gasteiger partial charge in [-0.05, 0) is 12.0 Å². The van der Waals surface area contributed by atoms with Crippen LogP contribution in [0.4, 0.5) is 11.5 Å². The first-order chi connectivity index (χ1) is 9.01. The lowest BCUT2D eigenvalue weighted by molar-refractivity contribution is 0.0602. The molecule has 19 heavy (non-hydrogen) atoms. The summed E-state index contributed by atoms with van der Waals surface area (Å²) in [5.41, 5.74) is 6.53. The fraction of sp³-hybridized carbons (Fsp3) is 0.538. The summed E-state index contributed by atoms with van der Waals surface area (Å²) in [6, 6.07) is 1.60. The Balaban J connectivity index is 2.97. The summed E-state index contributed by atoms with van der Waals surface area (Å²) in [6.45, 7) is 4.66. The van der Waals surface area contributed by atoms with Crippen molar-refractivity contribution in [2.75, 3.05) is 31.9 Å². The second-order valence-electron chi connectivity index (χ2n) is 4.56. The first-order valence-electron chi connectivity index (χ1n) is 6.09. The Morgan fingerprint density at radius 2 is 2.16 bits per heavy atom. The Morgan fingerprint density at radius 1 is 1.47 bits per heavy atom. The molecule has 1 rings (SSSR count). The van der Waals surface area contributed by atoms with Crippen molar-refractivity contribution in [3.63, 3.8) is 0 Å². The largest absolute Gasteiger partial charge is 0.465 e. The van der Waals surface area contributed by atoms with E-state index in [2.05, 4.69) is 28.9 Å². The summed E-state index contributed by atoms with van der Waals surface area (Å²) in [5.74, 6) is 0.331. The van der Waals surface area contributed by atoms with Crippen molar-refractivity contribution in [1.82, 2.24) is 4.98 Å². The normalized spacial score (nSPS) is 12.3. The van der Waals surface area contributed by atoms with Gasteiger partial charge in [-0.3, -0.25) is 0 Å². The molecule has 0 bridgehead atoms. The van der Waals surface area contributed by atoms with Crippen LogP contribution in [0.2, 0.25) is 0 Å². The van der Waals surface area contributed by atoms with Crippen LogP contribution in [-0.4, -0.2) is 37.8 Å². The monoisotopic (exact) mass is 267 g/mol. The van der Waals surface area contributed by atoms with E-state index in [-0.39, 0.29) is 11.7 Å². The molecular weight excluding hydrogens is 246 g/mol. The Morgan fingerprint density at radius 3 is 2.68 bits per heavy atom. The summed E-state index contributed by atoms with van der Waals surface area (Å²) < 4.78 is 9.83. The van der Waals surface area contributed by atoms with E-state index in [9.17, 15) is 4.79 Å². The summed E-state index contributed by atoms with van der Waals surface area (Å²) in [7, 11) is 2.95. The number of hydrogen-bond acceptors (Lipinski definition) is 6. The van der Waals surface area contributed by atoms with Gasteiger partial charge in [0.15, 0.2) is 0 Å². The minimum absolute atomic E-state index is 0.0627. The molecule has 0 aliphatic carbocycles. The van der Waals surface area contributed by atoms with Gasteiger partial charge < -0.3 is 20.5 Å². The number of nitrogen functional groups attached to an aromatic ring is 1. The number of anilines is 2. The fourth-order valence-electron chi connectivity index (χ4n) is 1.63. The molecule has 0 aliphatic heterocycles. The molecule has 0 aromatic carbocycles. The van der Waals surface area contributed by atoms with Crippen LogP contribution in [-0.2, 0) is 9.47 Å². The maximum atomic E-state index is 11.5. The molecule has 6 nitrogen and oxygen atoms in total. The first kappa shape index (κ1) is 15.2. The number of nitrogens with zero attached hydrogens (tertiary/aromatic N) is 1. The topological polar surface area (TPSA) is 86.5 Å². The van der Waals surface area contributed by atoms with Crippen LogP contribution in [0.5, 0.6) is 0 Å². The molecule has 1 aromatic rings. The van der Waals surface area contributed by atoms with Gasteiger partial charge in [-0.15, -0.1) is 0 Å². The van der Waals surface area contributed by atoms with Gasteiger partial charge in [0.1, 0.15) is 5.82 Å². The number of aromatic nitrogens is 1. The van der Waals surface area contributed by atoms with Gasteiger partial charge in [0.2, 0.25) is 0 Å². The maximum Gasteiger partial charge on any atom is 0.340 e. The molecule has 0 radical (unpaired) electrons. The van der Waals surface area contributed by atoms with Crippen molar-refractivity contribution < 1.29 is 14.3 Å². The third kappa shape index (κ3) is 3.82. The Hall–Kier alpha value is -1.82. The number of carbonyl (C=O) groups is 1. The Labute approximate surface area is 113 Å². The molecule has 1 heterocycles. The zero-order chi connectivity index (χ0) is 14.4. The highest BCUT2D eigenvalue weighted by molar-refractivity contribution is 5.97. The molecule has 1 aromatic heterocycles. The lowest BCUT2D eigenvalue weighted by Crippen LogP contribution is -2.31. The zero-order valence-electron chi connectivity index (χ0n) is 11.8. The molecule has 106 valence electrons. The maximum absolute atomic E-state index is 11.5. The minimum Gasteiger partial charge on any atom is -0.465 e. The van der Waals surface area contributed by atoms with E-state index in [4.69, 9.17) is 10.5 Å². The van der Waals surface area contributed by atoms with Crippen LogP contribution < -0.4 is 11.1 Å². The summed E-state index contributed by atoms with van der Waals surface area (Å²) in [4.78, 5) is 15.7. The number of hydrogen-bond donors (Lipinski definition) is 2. The summed E-state index contributed by atoms with van der Waals surface area (Å²) in [6.07, 6.45) is 1.52. The van der Waals surface area contributed by atoms with E-state index in [0.29, 0.717) is 23.9 Å². The highest BCUT2D eigenvalue weighted by atomic mass is 16.5. The zero-order valence-corrected chi connectivity index (χ0v) is 11.8. The van der Waals surface area contributed by atoms with Crippen LogP contribution in [0.3, 0.4) is 0 Å². The van der Waals surface area contributed by atoms with Gasteiger partial charge >= 0.3 is 5.97 Å². The van der Waals surface area contributed by atoms with E-state index in [0.717, 1.165) is 0 Å². The molecule has 1 unspecified atom stereocenters. The molecule has 0 amide bonds. The van der Waals surface area contributed by atoms with Crippen molar-refractivity contribution in [3.8, 4) is 0 Å². The molecule has 0 saturated carbocycles. The van der Waals surface area contributed by atoms with Crippen LogP contribution in [0.1, 0.15) is 24.2 Å². The standard InChI is InChI=1S/C13H21N3O3/c1-8(2)10(7-18-3)16-12-11(14)9(5-6-15-12)13(17)19-4/h5-6,8,10H,7,14H2,1-4H3,(H,15,16). The van der Waals surface area contributed by atoms with Crippen molar-refractivity contribution in [2.24, 2.45) is 5.92 Å². The number of rotatable bonds is 6. The third-order valence-corrected chi connectivity index (χ3v) is 2.87. The number of nitrogens with two attached hydrogens (primary N) is 1.